The van der Waals surface area contributed by atoms with E-state index in [1.54, 1.807) is 11.8 Å². The van der Waals surface area contributed by atoms with Gasteiger partial charge in [-0.2, -0.15) is 11.8 Å². The molecule has 1 aliphatic rings. The van der Waals surface area contributed by atoms with E-state index in [0.29, 0.717) is 10.3 Å². The van der Waals surface area contributed by atoms with Crippen molar-refractivity contribution in [2.45, 2.75) is 41.9 Å². The second-order valence-electron chi connectivity index (χ2n) is 5.15. The SMILES string of the molecule is CSC1CCCC(NS(=O)(=O)c2c(N)cc(Cl)cc2Cl)C1. The van der Waals surface area contributed by atoms with Crippen molar-refractivity contribution in [3.8, 4) is 0 Å². The highest BCUT2D eigenvalue weighted by molar-refractivity contribution is 7.99. The van der Waals surface area contributed by atoms with Crippen molar-refractivity contribution >= 4 is 50.7 Å². The lowest BCUT2D eigenvalue weighted by molar-refractivity contribution is 0.421. The van der Waals surface area contributed by atoms with Gasteiger partial charge in [0.2, 0.25) is 10.0 Å². The van der Waals surface area contributed by atoms with E-state index < -0.39 is 10.0 Å². The normalized spacial score (nSPS) is 23.2. The Bertz CT molecular complexity index is 600. The summed E-state index contributed by atoms with van der Waals surface area (Å²) in [5.74, 6) is 0. The second kappa shape index (κ2) is 6.96. The lowest BCUT2D eigenvalue weighted by Crippen LogP contribution is -2.39. The Balaban J connectivity index is 2.23. The summed E-state index contributed by atoms with van der Waals surface area (Å²) < 4.78 is 27.8. The van der Waals surface area contributed by atoms with Crippen molar-refractivity contribution in [1.82, 2.24) is 4.72 Å². The van der Waals surface area contributed by atoms with Crippen molar-refractivity contribution in [3.05, 3.63) is 22.2 Å². The van der Waals surface area contributed by atoms with Crippen molar-refractivity contribution in [3.63, 3.8) is 0 Å². The van der Waals surface area contributed by atoms with E-state index in [4.69, 9.17) is 28.9 Å². The van der Waals surface area contributed by atoms with Gasteiger partial charge in [-0.25, -0.2) is 13.1 Å². The largest absolute Gasteiger partial charge is 0.398 e. The van der Waals surface area contributed by atoms with Crippen LogP contribution in [0.25, 0.3) is 0 Å². The summed E-state index contributed by atoms with van der Waals surface area (Å²) in [5.41, 5.74) is 5.84. The molecule has 21 heavy (non-hydrogen) atoms. The molecular weight excluding hydrogens is 351 g/mol. The molecule has 4 nitrogen and oxygen atoms in total. The van der Waals surface area contributed by atoms with Gasteiger partial charge in [0.25, 0.3) is 0 Å². The molecule has 0 aliphatic heterocycles. The molecule has 1 aromatic carbocycles. The number of nitrogen functional groups attached to an aromatic ring is 1. The minimum atomic E-state index is -3.74. The third kappa shape index (κ3) is 4.20. The van der Waals surface area contributed by atoms with E-state index in [0.717, 1.165) is 25.7 Å². The molecule has 0 spiro atoms. The summed E-state index contributed by atoms with van der Waals surface area (Å²) in [6.45, 7) is 0. The van der Waals surface area contributed by atoms with E-state index in [1.165, 1.54) is 12.1 Å². The van der Waals surface area contributed by atoms with Gasteiger partial charge in [-0.3, -0.25) is 0 Å². The Hall–Kier alpha value is -0.140. The Morgan fingerprint density at radius 1 is 1.33 bits per heavy atom. The van der Waals surface area contributed by atoms with Gasteiger partial charge >= 0.3 is 0 Å². The van der Waals surface area contributed by atoms with Crippen LogP contribution in [0.5, 0.6) is 0 Å². The molecule has 3 N–H and O–H groups in total. The van der Waals surface area contributed by atoms with Crippen LogP contribution in [0, 0.1) is 0 Å². The summed E-state index contributed by atoms with van der Waals surface area (Å²) in [5, 5.41) is 0.853. The third-order valence-corrected chi connectivity index (χ3v) is 6.95. The number of hydrogen-bond acceptors (Lipinski definition) is 4. The maximum absolute atomic E-state index is 12.5. The smallest absolute Gasteiger partial charge is 0.244 e. The lowest BCUT2D eigenvalue weighted by atomic mass is 9.96. The lowest BCUT2D eigenvalue weighted by Gasteiger charge is -2.28. The maximum atomic E-state index is 12.5. The van der Waals surface area contributed by atoms with Gasteiger partial charge in [-0.1, -0.05) is 29.6 Å². The van der Waals surface area contributed by atoms with Crippen LogP contribution in [0.1, 0.15) is 25.7 Å². The molecule has 1 aromatic rings. The number of nitrogens with one attached hydrogen (secondary N) is 1. The van der Waals surface area contributed by atoms with E-state index >= 15 is 0 Å². The quantitative estimate of drug-likeness (QED) is 0.797. The van der Waals surface area contributed by atoms with E-state index in [-0.39, 0.29) is 21.6 Å². The number of rotatable bonds is 4. The first-order chi connectivity index (χ1) is 9.83. The molecule has 0 radical (unpaired) electrons. The zero-order chi connectivity index (χ0) is 15.6. The van der Waals surface area contributed by atoms with Crippen LogP contribution in [0.3, 0.4) is 0 Å². The van der Waals surface area contributed by atoms with E-state index in [9.17, 15) is 8.42 Å². The van der Waals surface area contributed by atoms with Gasteiger partial charge in [0, 0.05) is 16.3 Å². The highest BCUT2D eigenvalue weighted by Gasteiger charge is 2.28. The van der Waals surface area contributed by atoms with Gasteiger partial charge in [-0.05, 0) is 37.7 Å². The van der Waals surface area contributed by atoms with E-state index in [1.807, 2.05) is 0 Å². The minimum absolute atomic E-state index is 0.0460. The average molecular weight is 369 g/mol. The van der Waals surface area contributed by atoms with Gasteiger partial charge in [0.05, 0.1) is 10.7 Å². The van der Waals surface area contributed by atoms with Gasteiger partial charge in [0.1, 0.15) is 4.90 Å². The molecule has 118 valence electrons. The Labute approximate surface area is 139 Å². The van der Waals surface area contributed by atoms with Gasteiger partial charge in [0.15, 0.2) is 0 Å². The monoisotopic (exact) mass is 368 g/mol. The number of thioether (sulfide) groups is 1. The summed E-state index contributed by atoms with van der Waals surface area (Å²) >= 11 is 13.6. The number of nitrogens with two attached hydrogens (primary N) is 1. The van der Waals surface area contributed by atoms with Crippen LogP contribution in [-0.4, -0.2) is 26.0 Å². The fraction of sp³-hybridized carbons (Fsp3) is 0.538. The predicted molar refractivity (Wildman–Crippen MR) is 90.8 cm³/mol. The molecule has 0 saturated heterocycles. The Kier molecular flexibility index (Phi) is 5.71. The number of benzene rings is 1. The molecule has 8 heteroatoms. The molecule has 1 saturated carbocycles. The van der Waals surface area contributed by atoms with E-state index in [2.05, 4.69) is 11.0 Å². The highest BCUT2D eigenvalue weighted by Crippen LogP contribution is 2.33. The fourth-order valence-electron chi connectivity index (χ4n) is 2.61. The average Bonchev–Trinajstić information content (AvgIpc) is 2.36. The third-order valence-electron chi connectivity index (χ3n) is 3.59. The van der Waals surface area contributed by atoms with Crippen LogP contribution in [-0.2, 0) is 10.0 Å². The van der Waals surface area contributed by atoms with Crippen LogP contribution in [0.2, 0.25) is 10.0 Å². The van der Waals surface area contributed by atoms with Crippen LogP contribution < -0.4 is 10.5 Å². The Morgan fingerprint density at radius 3 is 2.67 bits per heavy atom. The summed E-state index contributed by atoms with van der Waals surface area (Å²) in [6, 6.07) is 2.71. The predicted octanol–water partition coefficient (Wildman–Crippen LogP) is 3.53. The molecule has 2 rings (SSSR count). The molecule has 0 amide bonds. The zero-order valence-electron chi connectivity index (χ0n) is 11.6. The van der Waals surface area contributed by atoms with Gasteiger partial charge in [-0.15, -0.1) is 0 Å². The molecule has 2 atom stereocenters. The van der Waals surface area contributed by atoms with Crippen LogP contribution in [0.15, 0.2) is 17.0 Å². The first-order valence-electron chi connectivity index (χ1n) is 6.63. The molecule has 0 aromatic heterocycles. The Morgan fingerprint density at radius 2 is 2.05 bits per heavy atom. The standard InChI is InChI=1S/C13H18Cl2N2O2S2/c1-20-10-4-2-3-9(7-10)17-21(18,19)13-11(15)5-8(14)6-12(13)16/h5-6,9-10,17H,2-4,7,16H2,1H3. The van der Waals surface area contributed by atoms with Crippen LogP contribution >= 0.6 is 35.0 Å². The highest BCUT2D eigenvalue weighted by atomic mass is 35.5. The molecule has 2 unspecified atom stereocenters. The second-order valence-corrected chi connectivity index (χ2v) is 8.78. The topological polar surface area (TPSA) is 72.2 Å². The maximum Gasteiger partial charge on any atom is 0.244 e. The molecule has 0 bridgehead atoms. The first-order valence-corrected chi connectivity index (χ1v) is 10.2. The fourth-order valence-corrected chi connectivity index (χ4v) is 5.70. The summed E-state index contributed by atoms with van der Waals surface area (Å²) in [6.07, 6.45) is 5.86. The van der Waals surface area contributed by atoms with Crippen molar-refractivity contribution in [2.24, 2.45) is 0 Å². The van der Waals surface area contributed by atoms with Crippen LogP contribution in [0.4, 0.5) is 5.69 Å². The first kappa shape index (κ1) is 17.2. The molecule has 1 aliphatic carbocycles. The summed E-state index contributed by atoms with van der Waals surface area (Å²) in [4.78, 5) is -0.0835. The molecular formula is C13H18Cl2N2O2S2. The molecule has 1 fully saturated rings. The van der Waals surface area contributed by atoms with Gasteiger partial charge < -0.3 is 5.73 Å². The van der Waals surface area contributed by atoms with Crippen molar-refractivity contribution in [1.29, 1.82) is 0 Å². The van der Waals surface area contributed by atoms with Crippen molar-refractivity contribution < 1.29 is 8.42 Å². The number of halogens is 2. The minimum Gasteiger partial charge on any atom is -0.398 e. The van der Waals surface area contributed by atoms with Crippen molar-refractivity contribution in [2.75, 3.05) is 12.0 Å². The number of hydrogen-bond donors (Lipinski definition) is 2. The number of anilines is 1. The molecule has 0 heterocycles. The zero-order valence-corrected chi connectivity index (χ0v) is 14.7. The number of sulfonamides is 1. The summed E-state index contributed by atoms with van der Waals surface area (Å²) in [7, 11) is -3.74.